The fourth-order valence-electron chi connectivity index (χ4n) is 3.13. The molecule has 1 aliphatic rings. The van der Waals surface area contributed by atoms with Crippen molar-refractivity contribution in [2.24, 2.45) is 0 Å². The molecule has 0 aliphatic carbocycles. The van der Waals surface area contributed by atoms with Crippen molar-refractivity contribution in [3.8, 4) is 11.5 Å². The Labute approximate surface area is 165 Å². The summed E-state index contributed by atoms with van der Waals surface area (Å²) in [4.78, 5) is 11.8. The molecule has 3 rings (SSSR count). The van der Waals surface area contributed by atoms with Crippen molar-refractivity contribution in [3.63, 3.8) is 0 Å². The molecule has 6 nitrogen and oxygen atoms in total. The first-order valence-corrected chi connectivity index (χ1v) is 9.62. The zero-order valence-corrected chi connectivity index (χ0v) is 16.3. The molecule has 2 aromatic rings. The minimum Gasteiger partial charge on any atom is -0.485 e. The van der Waals surface area contributed by atoms with Gasteiger partial charge in [-0.1, -0.05) is 36.4 Å². The summed E-state index contributed by atoms with van der Waals surface area (Å²) < 4.78 is 16.4. The number of aliphatic hydroxyl groups excluding tert-OH is 1. The molecule has 0 amide bonds. The Morgan fingerprint density at radius 2 is 2.04 bits per heavy atom. The first-order chi connectivity index (χ1) is 13.6. The van der Waals surface area contributed by atoms with E-state index in [1.165, 1.54) is 0 Å². The third-order valence-electron chi connectivity index (χ3n) is 4.60. The lowest BCUT2D eigenvalue weighted by molar-refractivity contribution is -0.153. The van der Waals surface area contributed by atoms with Crippen molar-refractivity contribution >= 4 is 5.97 Å². The normalized spacial score (nSPS) is 17.6. The van der Waals surface area contributed by atoms with Crippen LogP contribution >= 0.6 is 0 Å². The number of carbonyl (C=O) groups is 1. The van der Waals surface area contributed by atoms with Crippen molar-refractivity contribution in [2.45, 2.75) is 38.5 Å². The third kappa shape index (κ3) is 5.24. The van der Waals surface area contributed by atoms with E-state index in [9.17, 15) is 9.90 Å². The summed E-state index contributed by atoms with van der Waals surface area (Å²) in [7, 11) is 0. The predicted octanol–water partition coefficient (Wildman–Crippen LogP) is 2.64. The molecule has 0 saturated heterocycles. The van der Waals surface area contributed by atoms with Crippen LogP contribution in [0.2, 0.25) is 0 Å². The summed E-state index contributed by atoms with van der Waals surface area (Å²) in [6, 6.07) is 15.5. The predicted molar refractivity (Wildman–Crippen MR) is 106 cm³/mol. The molecule has 2 unspecified atom stereocenters. The summed E-state index contributed by atoms with van der Waals surface area (Å²) in [5.41, 5.74) is 1.99. The van der Waals surface area contributed by atoms with Gasteiger partial charge in [-0.3, -0.25) is 0 Å². The van der Waals surface area contributed by atoms with E-state index >= 15 is 0 Å². The number of aliphatic hydroxyl groups is 1. The first-order valence-electron chi connectivity index (χ1n) is 9.62. The fourth-order valence-corrected chi connectivity index (χ4v) is 3.13. The molecule has 2 N–H and O–H groups in total. The van der Waals surface area contributed by atoms with E-state index in [0.29, 0.717) is 24.7 Å². The number of esters is 1. The van der Waals surface area contributed by atoms with E-state index in [1.54, 1.807) is 6.92 Å². The minimum atomic E-state index is -0.724. The number of rotatable bonds is 8. The Morgan fingerprint density at radius 1 is 1.25 bits per heavy atom. The van der Waals surface area contributed by atoms with Gasteiger partial charge in [0.05, 0.1) is 12.7 Å². The van der Waals surface area contributed by atoms with Crippen LogP contribution in [-0.4, -0.2) is 43.0 Å². The van der Waals surface area contributed by atoms with Crippen LogP contribution in [0.1, 0.15) is 31.1 Å². The van der Waals surface area contributed by atoms with Gasteiger partial charge in [-0.25, -0.2) is 4.79 Å². The highest BCUT2D eigenvalue weighted by Gasteiger charge is 2.28. The van der Waals surface area contributed by atoms with Crippen LogP contribution in [0.5, 0.6) is 11.5 Å². The molecule has 1 aliphatic heterocycles. The Balaban J connectivity index is 1.52. The lowest BCUT2D eigenvalue weighted by Gasteiger charge is -2.25. The standard InChI is InChI=1S/C22H27NO5/c1-3-26-22(25)21-14-27-20-12-16(9-10-19(20)28-21)11-15(2)23-13-18(24)17-7-5-4-6-8-17/h4-10,12,15,18,21,23-24H,3,11,13-14H2,1-2H3/t15-,18?,21?/m0/s1. The molecular formula is C22H27NO5. The number of hydrogen-bond acceptors (Lipinski definition) is 6. The van der Waals surface area contributed by atoms with E-state index in [0.717, 1.165) is 17.5 Å². The molecule has 6 heteroatoms. The lowest BCUT2D eigenvalue weighted by Crippen LogP contribution is -2.38. The topological polar surface area (TPSA) is 77.0 Å². The van der Waals surface area contributed by atoms with E-state index in [1.807, 2.05) is 48.5 Å². The number of ether oxygens (including phenoxy) is 3. The van der Waals surface area contributed by atoms with E-state index in [4.69, 9.17) is 14.2 Å². The highest BCUT2D eigenvalue weighted by molar-refractivity contribution is 5.76. The van der Waals surface area contributed by atoms with Gasteiger partial charge in [-0.2, -0.15) is 0 Å². The van der Waals surface area contributed by atoms with Gasteiger partial charge in [0.25, 0.3) is 0 Å². The maximum absolute atomic E-state index is 11.8. The molecule has 3 atom stereocenters. The molecule has 0 aromatic heterocycles. The van der Waals surface area contributed by atoms with E-state index < -0.39 is 18.2 Å². The second-order valence-corrected chi connectivity index (χ2v) is 6.89. The maximum atomic E-state index is 11.8. The molecule has 1 heterocycles. The van der Waals surface area contributed by atoms with Crippen molar-refractivity contribution in [1.29, 1.82) is 0 Å². The zero-order chi connectivity index (χ0) is 19.9. The molecule has 28 heavy (non-hydrogen) atoms. The van der Waals surface area contributed by atoms with Gasteiger partial charge in [0.15, 0.2) is 11.5 Å². The first kappa shape index (κ1) is 20.2. The Hall–Kier alpha value is -2.57. The van der Waals surface area contributed by atoms with Crippen LogP contribution in [0.4, 0.5) is 0 Å². The Bertz CT molecular complexity index is 780. The summed E-state index contributed by atoms with van der Waals surface area (Å²) in [6.45, 7) is 4.78. The number of fused-ring (bicyclic) bond motifs is 1. The van der Waals surface area contributed by atoms with Crippen LogP contribution in [0, 0.1) is 0 Å². The Kier molecular flexibility index (Phi) is 6.90. The van der Waals surface area contributed by atoms with Crippen molar-refractivity contribution in [2.75, 3.05) is 19.8 Å². The smallest absolute Gasteiger partial charge is 0.350 e. The van der Waals surface area contributed by atoms with Gasteiger partial charge >= 0.3 is 5.97 Å². The van der Waals surface area contributed by atoms with Gasteiger partial charge in [0, 0.05) is 12.6 Å². The molecule has 0 saturated carbocycles. The van der Waals surface area contributed by atoms with Crippen molar-refractivity contribution < 1.29 is 24.1 Å². The molecule has 2 aromatic carbocycles. The molecule has 0 spiro atoms. The number of carbonyl (C=O) groups excluding carboxylic acids is 1. The van der Waals surface area contributed by atoms with Crippen molar-refractivity contribution in [3.05, 3.63) is 59.7 Å². The molecule has 0 fully saturated rings. The molecule has 0 bridgehead atoms. The Morgan fingerprint density at radius 3 is 2.79 bits per heavy atom. The highest BCUT2D eigenvalue weighted by Crippen LogP contribution is 2.33. The van der Waals surface area contributed by atoms with Crippen LogP contribution in [0.15, 0.2) is 48.5 Å². The van der Waals surface area contributed by atoms with Gasteiger partial charge in [-0.05, 0) is 43.5 Å². The number of hydrogen-bond donors (Lipinski definition) is 2. The SMILES string of the molecule is CCOC(=O)C1COc2cc(C[C@H](C)NCC(O)c3ccccc3)ccc2O1. The second kappa shape index (κ2) is 9.57. The lowest BCUT2D eigenvalue weighted by atomic mass is 10.0. The highest BCUT2D eigenvalue weighted by atomic mass is 16.6. The average Bonchev–Trinajstić information content (AvgIpc) is 2.72. The summed E-state index contributed by atoms with van der Waals surface area (Å²) in [5, 5.41) is 13.6. The van der Waals surface area contributed by atoms with Gasteiger partial charge in [0.1, 0.15) is 6.61 Å². The van der Waals surface area contributed by atoms with Crippen molar-refractivity contribution in [1.82, 2.24) is 5.32 Å². The fraction of sp³-hybridized carbons (Fsp3) is 0.409. The van der Waals surface area contributed by atoms with E-state index in [-0.39, 0.29) is 12.6 Å². The monoisotopic (exact) mass is 385 g/mol. The van der Waals surface area contributed by atoms with Gasteiger partial charge < -0.3 is 24.6 Å². The zero-order valence-electron chi connectivity index (χ0n) is 16.3. The van der Waals surface area contributed by atoms with Gasteiger partial charge in [-0.15, -0.1) is 0 Å². The minimum absolute atomic E-state index is 0.145. The summed E-state index contributed by atoms with van der Waals surface area (Å²) in [6.07, 6.45) is -0.485. The van der Waals surface area contributed by atoms with Crippen LogP contribution in [0.3, 0.4) is 0 Å². The number of nitrogens with one attached hydrogen (secondary N) is 1. The van der Waals surface area contributed by atoms with Crippen LogP contribution in [0.25, 0.3) is 0 Å². The molecule has 150 valence electrons. The maximum Gasteiger partial charge on any atom is 0.350 e. The van der Waals surface area contributed by atoms with Crippen LogP contribution < -0.4 is 14.8 Å². The van der Waals surface area contributed by atoms with Gasteiger partial charge in [0.2, 0.25) is 6.10 Å². The summed E-state index contributed by atoms with van der Waals surface area (Å²) >= 11 is 0. The largest absolute Gasteiger partial charge is 0.485 e. The second-order valence-electron chi connectivity index (χ2n) is 6.89. The summed E-state index contributed by atoms with van der Waals surface area (Å²) in [5.74, 6) is 0.773. The average molecular weight is 385 g/mol. The third-order valence-corrected chi connectivity index (χ3v) is 4.60. The number of benzene rings is 2. The van der Waals surface area contributed by atoms with E-state index in [2.05, 4.69) is 12.2 Å². The molecule has 0 radical (unpaired) electrons. The quantitative estimate of drug-likeness (QED) is 0.681. The van der Waals surface area contributed by atoms with Crippen LogP contribution in [-0.2, 0) is 16.0 Å². The molecular weight excluding hydrogens is 358 g/mol.